The van der Waals surface area contributed by atoms with Crippen molar-refractivity contribution in [1.82, 2.24) is 9.78 Å². The van der Waals surface area contributed by atoms with Gasteiger partial charge in [0.05, 0.1) is 37.1 Å². The Kier molecular flexibility index (Phi) is 6.69. The second-order valence-electron chi connectivity index (χ2n) is 7.62. The maximum atomic E-state index is 11.9. The van der Waals surface area contributed by atoms with Crippen LogP contribution in [0.25, 0.3) is 10.9 Å². The first-order valence-electron chi connectivity index (χ1n) is 10.4. The summed E-state index contributed by atoms with van der Waals surface area (Å²) in [6.07, 6.45) is 3.95. The van der Waals surface area contributed by atoms with E-state index in [1.165, 1.54) is 0 Å². The van der Waals surface area contributed by atoms with Gasteiger partial charge in [0.15, 0.2) is 0 Å². The largest absolute Gasteiger partial charge is 0.491 e. The number of hydrogen-bond donors (Lipinski definition) is 1. The van der Waals surface area contributed by atoms with Gasteiger partial charge >= 0.3 is 0 Å². The molecule has 8 heteroatoms. The summed E-state index contributed by atoms with van der Waals surface area (Å²) in [5.74, 6) is 1.61. The van der Waals surface area contributed by atoms with Crippen molar-refractivity contribution in [3.05, 3.63) is 48.2 Å². The molecular weight excluding hydrogens is 398 g/mol. The van der Waals surface area contributed by atoms with Gasteiger partial charge in [-0.3, -0.25) is 9.48 Å². The van der Waals surface area contributed by atoms with Crippen molar-refractivity contribution in [3.8, 4) is 17.2 Å². The van der Waals surface area contributed by atoms with Crippen LogP contribution < -0.4 is 15.2 Å². The molecule has 0 saturated carbocycles. The maximum absolute atomic E-state index is 11.9. The van der Waals surface area contributed by atoms with E-state index in [9.17, 15) is 4.79 Å². The van der Waals surface area contributed by atoms with Gasteiger partial charge < -0.3 is 24.7 Å². The highest BCUT2D eigenvalue weighted by molar-refractivity contribution is 6.00. The quantitative estimate of drug-likeness (QED) is 0.529. The molecule has 1 fully saturated rings. The number of benzene rings is 2. The lowest BCUT2D eigenvalue weighted by atomic mass is 10.0. The second-order valence-corrected chi connectivity index (χ2v) is 7.62. The Morgan fingerprint density at radius 3 is 2.77 bits per heavy atom. The Bertz CT molecular complexity index is 1030. The van der Waals surface area contributed by atoms with Crippen molar-refractivity contribution in [2.45, 2.75) is 12.8 Å². The summed E-state index contributed by atoms with van der Waals surface area (Å²) in [4.78, 5) is 11.9. The summed E-state index contributed by atoms with van der Waals surface area (Å²) >= 11 is 0. The standard InChI is InChI=1S/C23H27N3O5/c1-26-21-12-22(20(23(24)27)11-17(21)13-25-26)31-19-6-4-18(5-7-19)30-10-9-29-15-16-3-2-8-28-14-16/h4-7,11-13,16H,2-3,8-10,14-15H2,1H3,(H2,24,27). The van der Waals surface area contributed by atoms with Crippen LogP contribution in [0.4, 0.5) is 0 Å². The zero-order valence-corrected chi connectivity index (χ0v) is 17.6. The number of nitrogens with zero attached hydrogens (tertiary/aromatic N) is 2. The summed E-state index contributed by atoms with van der Waals surface area (Å²) in [6, 6.07) is 10.7. The van der Waals surface area contributed by atoms with E-state index in [4.69, 9.17) is 24.7 Å². The van der Waals surface area contributed by atoms with E-state index in [2.05, 4.69) is 5.10 Å². The zero-order valence-electron chi connectivity index (χ0n) is 17.6. The van der Waals surface area contributed by atoms with Crippen molar-refractivity contribution in [2.75, 3.05) is 33.0 Å². The van der Waals surface area contributed by atoms with Gasteiger partial charge in [0.25, 0.3) is 5.91 Å². The van der Waals surface area contributed by atoms with Gasteiger partial charge in [-0.25, -0.2) is 0 Å². The molecule has 1 aromatic heterocycles. The molecule has 2 aromatic carbocycles. The van der Waals surface area contributed by atoms with Crippen LogP contribution >= 0.6 is 0 Å². The lowest BCUT2D eigenvalue weighted by Crippen LogP contribution is -2.22. The maximum Gasteiger partial charge on any atom is 0.252 e. The van der Waals surface area contributed by atoms with Crippen LogP contribution in [0.5, 0.6) is 17.2 Å². The van der Waals surface area contributed by atoms with E-state index in [0.717, 1.165) is 37.0 Å². The summed E-state index contributed by atoms with van der Waals surface area (Å²) in [6.45, 7) is 3.35. The molecule has 8 nitrogen and oxygen atoms in total. The molecule has 1 amide bonds. The number of nitrogens with two attached hydrogens (primary N) is 1. The van der Waals surface area contributed by atoms with E-state index in [1.807, 2.05) is 19.2 Å². The number of rotatable bonds is 9. The van der Waals surface area contributed by atoms with Gasteiger partial charge in [-0.15, -0.1) is 0 Å². The van der Waals surface area contributed by atoms with Crippen LogP contribution in [0, 0.1) is 5.92 Å². The fraction of sp³-hybridized carbons (Fsp3) is 0.391. The van der Waals surface area contributed by atoms with E-state index >= 15 is 0 Å². The minimum absolute atomic E-state index is 0.307. The molecule has 3 aromatic rings. The fourth-order valence-corrected chi connectivity index (χ4v) is 3.60. The number of ether oxygens (including phenoxy) is 4. The van der Waals surface area contributed by atoms with Gasteiger partial charge in [-0.05, 0) is 43.2 Å². The van der Waals surface area contributed by atoms with Gasteiger partial charge in [-0.1, -0.05) is 0 Å². The summed E-state index contributed by atoms with van der Waals surface area (Å²) < 4.78 is 24.5. The Morgan fingerprint density at radius 1 is 1.23 bits per heavy atom. The van der Waals surface area contributed by atoms with Crippen LogP contribution in [0.2, 0.25) is 0 Å². The number of carbonyl (C=O) groups excluding carboxylic acids is 1. The molecule has 0 spiro atoms. The Morgan fingerprint density at radius 2 is 2.03 bits per heavy atom. The third-order valence-electron chi connectivity index (χ3n) is 5.27. The highest BCUT2D eigenvalue weighted by Crippen LogP contribution is 2.30. The molecular formula is C23H27N3O5. The Balaban J connectivity index is 1.31. The molecule has 4 rings (SSSR count). The van der Waals surface area contributed by atoms with Gasteiger partial charge in [0.2, 0.25) is 0 Å². The summed E-state index contributed by atoms with van der Waals surface area (Å²) in [7, 11) is 1.83. The predicted octanol–water partition coefficient (Wildman–Crippen LogP) is 3.29. The lowest BCUT2D eigenvalue weighted by molar-refractivity contribution is -0.0000713. The van der Waals surface area contributed by atoms with Crippen molar-refractivity contribution < 1.29 is 23.7 Å². The minimum atomic E-state index is -0.555. The number of aryl methyl sites for hydroxylation is 1. The monoisotopic (exact) mass is 425 g/mol. The van der Waals surface area contributed by atoms with Crippen LogP contribution in [0.3, 0.4) is 0 Å². The second kappa shape index (κ2) is 9.80. The topological polar surface area (TPSA) is 97.8 Å². The van der Waals surface area contributed by atoms with Crippen LogP contribution in [-0.2, 0) is 16.5 Å². The third-order valence-corrected chi connectivity index (χ3v) is 5.27. The molecule has 1 aliphatic rings. The van der Waals surface area contributed by atoms with Crippen molar-refractivity contribution >= 4 is 16.8 Å². The summed E-state index contributed by atoms with van der Waals surface area (Å²) in [5.41, 5.74) is 6.69. The molecule has 1 atom stereocenters. The van der Waals surface area contributed by atoms with Crippen LogP contribution in [0.15, 0.2) is 42.6 Å². The molecule has 2 N–H and O–H groups in total. The molecule has 164 valence electrons. The van der Waals surface area contributed by atoms with Crippen molar-refractivity contribution in [1.29, 1.82) is 0 Å². The highest BCUT2D eigenvalue weighted by Gasteiger charge is 2.15. The first-order valence-corrected chi connectivity index (χ1v) is 10.4. The van der Waals surface area contributed by atoms with Gasteiger partial charge in [-0.2, -0.15) is 5.10 Å². The van der Waals surface area contributed by atoms with E-state index in [0.29, 0.717) is 48.6 Å². The number of aromatic nitrogens is 2. The minimum Gasteiger partial charge on any atom is -0.491 e. The number of amides is 1. The van der Waals surface area contributed by atoms with Crippen LogP contribution in [0.1, 0.15) is 23.2 Å². The lowest BCUT2D eigenvalue weighted by Gasteiger charge is -2.21. The first kappa shape index (κ1) is 21.1. The average molecular weight is 425 g/mol. The summed E-state index contributed by atoms with van der Waals surface area (Å²) in [5, 5.41) is 5.02. The van der Waals surface area contributed by atoms with Gasteiger partial charge in [0.1, 0.15) is 23.9 Å². The Labute approximate surface area is 180 Å². The number of carbonyl (C=O) groups is 1. The Hall–Kier alpha value is -3.10. The molecule has 2 heterocycles. The zero-order chi connectivity index (χ0) is 21.6. The van der Waals surface area contributed by atoms with E-state index in [1.54, 1.807) is 35.1 Å². The molecule has 31 heavy (non-hydrogen) atoms. The molecule has 0 radical (unpaired) electrons. The van der Waals surface area contributed by atoms with Crippen molar-refractivity contribution in [2.24, 2.45) is 18.7 Å². The van der Waals surface area contributed by atoms with E-state index in [-0.39, 0.29) is 0 Å². The number of primary amides is 1. The SMILES string of the molecule is Cn1ncc2cc(C(N)=O)c(Oc3ccc(OCCOCC4CCCOC4)cc3)cc21. The number of hydrogen-bond acceptors (Lipinski definition) is 6. The molecule has 0 bridgehead atoms. The molecule has 1 saturated heterocycles. The number of fused-ring (bicyclic) bond motifs is 1. The predicted molar refractivity (Wildman–Crippen MR) is 116 cm³/mol. The average Bonchev–Trinajstić information content (AvgIpc) is 3.14. The highest BCUT2D eigenvalue weighted by atomic mass is 16.5. The normalized spacial score (nSPS) is 16.4. The van der Waals surface area contributed by atoms with Crippen LogP contribution in [-0.4, -0.2) is 48.7 Å². The molecule has 0 aliphatic carbocycles. The van der Waals surface area contributed by atoms with E-state index < -0.39 is 5.91 Å². The third kappa shape index (κ3) is 5.34. The van der Waals surface area contributed by atoms with Gasteiger partial charge in [0, 0.05) is 31.0 Å². The first-order chi connectivity index (χ1) is 15.1. The molecule has 1 aliphatic heterocycles. The van der Waals surface area contributed by atoms with Crippen molar-refractivity contribution in [3.63, 3.8) is 0 Å². The molecule has 1 unspecified atom stereocenters. The fourth-order valence-electron chi connectivity index (χ4n) is 3.60. The smallest absolute Gasteiger partial charge is 0.252 e.